The van der Waals surface area contributed by atoms with Crippen LogP contribution >= 0.6 is 11.3 Å². The minimum atomic E-state index is -4.03. The Morgan fingerprint density at radius 1 is 0.767 bits per heavy atom. The number of hydrogen-bond donors (Lipinski definition) is 2. The van der Waals surface area contributed by atoms with Crippen LogP contribution in [0.4, 0.5) is 11.4 Å². The molecular weight excluding hydrogens is 448 g/mol. The summed E-state index contributed by atoms with van der Waals surface area (Å²) in [4.78, 5) is 0.689. The van der Waals surface area contributed by atoms with E-state index < -0.39 is 20.0 Å². The molecule has 30 heavy (non-hydrogen) atoms. The van der Waals surface area contributed by atoms with Crippen molar-refractivity contribution in [1.82, 2.24) is 0 Å². The van der Waals surface area contributed by atoms with Crippen molar-refractivity contribution >= 4 is 42.8 Å². The molecule has 3 aromatic rings. The van der Waals surface area contributed by atoms with E-state index in [0.717, 1.165) is 16.2 Å². The van der Waals surface area contributed by atoms with E-state index in [-0.39, 0.29) is 26.2 Å². The molecule has 1 aromatic heterocycles. The van der Waals surface area contributed by atoms with Gasteiger partial charge in [-0.05, 0) is 49.4 Å². The lowest BCUT2D eigenvalue weighted by atomic mass is 10.3. The maximum atomic E-state index is 12.9. The van der Waals surface area contributed by atoms with Gasteiger partial charge in [0.1, 0.15) is 15.7 Å². The zero-order valence-corrected chi connectivity index (χ0v) is 18.8. The third-order valence-electron chi connectivity index (χ3n) is 4.06. The van der Waals surface area contributed by atoms with Gasteiger partial charge in [0.25, 0.3) is 20.0 Å². The second-order valence-electron chi connectivity index (χ2n) is 6.14. The van der Waals surface area contributed by atoms with Crippen LogP contribution in [0.1, 0.15) is 4.88 Å². The maximum absolute atomic E-state index is 12.9. The van der Waals surface area contributed by atoms with Crippen LogP contribution < -0.4 is 18.9 Å². The van der Waals surface area contributed by atoms with Crippen molar-refractivity contribution in [2.45, 2.75) is 16.0 Å². The van der Waals surface area contributed by atoms with E-state index in [1.807, 2.05) is 0 Å². The molecule has 3 rings (SSSR count). The zero-order chi connectivity index (χ0) is 21.9. The van der Waals surface area contributed by atoms with Gasteiger partial charge in [0.05, 0.1) is 30.5 Å². The van der Waals surface area contributed by atoms with Crippen molar-refractivity contribution in [3.63, 3.8) is 0 Å². The van der Waals surface area contributed by atoms with Crippen LogP contribution in [0.15, 0.2) is 63.7 Å². The highest BCUT2D eigenvalue weighted by atomic mass is 32.2. The van der Waals surface area contributed by atoms with Crippen molar-refractivity contribution in [2.75, 3.05) is 23.7 Å². The third-order valence-corrected chi connectivity index (χ3v) is 8.28. The molecule has 0 aliphatic carbocycles. The van der Waals surface area contributed by atoms with Crippen LogP contribution in [0.5, 0.6) is 11.5 Å². The highest BCUT2D eigenvalue weighted by Crippen LogP contribution is 2.33. The smallest absolute Gasteiger partial charge is 0.271 e. The Labute approximate surface area is 179 Å². The summed E-state index contributed by atoms with van der Waals surface area (Å²) >= 11 is 1.11. The van der Waals surface area contributed by atoms with Crippen molar-refractivity contribution in [3.05, 3.63) is 59.5 Å². The summed E-state index contributed by atoms with van der Waals surface area (Å²) in [5, 5.41) is 0. The van der Waals surface area contributed by atoms with Crippen LogP contribution in [-0.4, -0.2) is 31.1 Å². The highest BCUT2D eigenvalue weighted by molar-refractivity contribution is 7.94. The first-order valence-electron chi connectivity index (χ1n) is 8.59. The van der Waals surface area contributed by atoms with Crippen molar-refractivity contribution in [3.8, 4) is 11.5 Å². The van der Waals surface area contributed by atoms with Gasteiger partial charge in [-0.3, -0.25) is 9.44 Å². The first kappa shape index (κ1) is 21.9. The molecule has 0 unspecified atom stereocenters. The number of methoxy groups -OCH3 is 2. The van der Waals surface area contributed by atoms with Gasteiger partial charge in [0.2, 0.25) is 0 Å². The predicted octanol–water partition coefficient (Wildman–Crippen LogP) is 3.68. The predicted molar refractivity (Wildman–Crippen MR) is 117 cm³/mol. The largest absolute Gasteiger partial charge is 0.495 e. The summed E-state index contributed by atoms with van der Waals surface area (Å²) in [5.74, 6) is 0.534. The van der Waals surface area contributed by atoms with Crippen LogP contribution in [0, 0.1) is 6.92 Å². The summed E-state index contributed by atoms with van der Waals surface area (Å²) in [5.41, 5.74) is 0.262. The zero-order valence-electron chi connectivity index (χ0n) is 16.4. The molecule has 0 aliphatic heterocycles. The van der Waals surface area contributed by atoms with Gasteiger partial charge in [-0.15, -0.1) is 11.3 Å². The van der Waals surface area contributed by atoms with Gasteiger partial charge in [0, 0.05) is 4.88 Å². The van der Waals surface area contributed by atoms with E-state index in [2.05, 4.69) is 9.44 Å². The Hall–Kier alpha value is -2.76. The average Bonchev–Trinajstić information content (AvgIpc) is 3.15. The minimum Gasteiger partial charge on any atom is -0.495 e. The lowest BCUT2D eigenvalue weighted by Gasteiger charge is -2.15. The van der Waals surface area contributed by atoms with Gasteiger partial charge in [-0.25, -0.2) is 16.8 Å². The number of thiophene rings is 1. The molecule has 160 valence electrons. The number of anilines is 2. The molecular formula is C19H20N2O6S3. The Balaban J connectivity index is 1.97. The van der Waals surface area contributed by atoms with E-state index in [9.17, 15) is 16.8 Å². The Morgan fingerprint density at radius 3 is 2.03 bits per heavy atom. The fourth-order valence-electron chi connectivity index (χ4n) is 2.62. The van der Waals surface area contributed by atoms with E-state index in [4.69, 9.17) is 9.47 Å². The van der Waals surface area contributed by atoms with Crippen LogP contribution in [0.2, 0.25) is 0 Å². The number of rotatable bonds is 8. The molecule has 0 atom stereocenters. The number of benzene rings is 2. The quantitative estimate of drug-likeness (QED) is 0.522. The van der Waals surface area contributed by atoms with Gasteiger partial charge in [-0.2, -0.15) is 0 Å². The molecule has 2 N–H and O–H groups in total. The number of aryl methyl sites for hydroxylation is 1. The second-order valence-corrected chi connectivity index (χ2v) is 11.0. The summed E-state index contributed by atoms with van der Waals surface area (Å²) in [7, 11) is -5.14. The normalized spacial score (nSPS) is 11.7. The number of hydrogen-bond acceptors (Lipinski definition) is 7. The van der Waals surface area contributed by atoms with E-state index in [1.54, 1.807) is 37.3 Å². The molecule has 0 saturated heterocycles. The van der Waals surface area contributed by atoms with E-state index in [0.29, 0.717) is 5.75 Å². The summed E-state index contributed by atoms with van der Waals surface area (Å²) < 4.78 is 66.4. The van der Waals surface area contributed by atoms with Crippen LogP contribution in [0.25, 0.3) is 0 Å². The van der Waals surface area contributed by atoms with Gasteiger partial charge in [-0.1, -0.05) is 12.1 Å². The molecule has 0 fully saturated rings. The molecule has 0 spiro atoms. The maximum Gasteiger partial charge on any atom is 0.271 e. The fourth-order valence-corrected chi connectivity index (χ4v) is 6.06. The average molecular weight is 469 g/mol. The lowest BCUT2D eigenvalue weighted by Crippen LogP contribution is -2.16. The monoisotopic (exact) mass is 468 g/mol. The molecule has 0 amide bonds. The molecule has 0 radical (unpaired) electrons. The Morgan fingerprint density at radius 2 is 1.40 bits per heavy atom. The highest BCUT2D eigenvalue weighted by Gasteiger charge is 2.22. The minimum absolute atomic E-state index is 0.00598. The number of para-hydroxylation sites is 2. The van der Waals surface area contributed by atoms with Crippen LogP contribution in [0.3, 0.4) is 0 Å². The third kappa shape index (κ3) is 4.69. The fraction of sp³-hybridized carbons (Fsp3) is 0.158. The van der Waals surface area contributed by atoms with E-state index in [1.165, 1.54) is 38.5 Å². The summed E-state index contributed by atoms with van der Waals surface area (Å²) in [6, 6.07) is 13.6. The van der Waals surface area contributed by atoms with Gasteiger partial charge < -0.3 is 9.47 Å². The molecule has 0 saturated carbocycles. The second kappa shape index (κ2) is 8.54. The van der Waals surface area contributed by atoms with Crippen molar-refractivity contribution < 1.29 is 26.3 Å². The molecule has 0 bridgehead atoms. The molecule has 8 nitrogen and oxygen atoms in total. The van der Waals surface area contributed by atoms with Gasteiger partial charge in [0.15, 0.2) is 0 Å². The first-order chi connectivity index (χ1) is 14.2. The van der Waals surface area contributed by atoms with Gasteiger partial charge >= 0.3 is 0 Å². The number of nitrogens with one attached hydrogen (secondary N) is 2. The standard InChI is InChI=1S/C19H20N2O6S3/c1-13-8-11-19(28-13)30(24,25)21-16-12-14(9-10-18(16)27-3)29(22,23)20-15-6-4-5-7-17(15)26-2/h4-12,20-21H,1-3H3. The lowest BCUT2D eigenvalue weighted by molar-refractivity contribution is 0.416. The van der Waals surface area contributed by atoms with Crippen molar-refractivity contribution in [1.29, 1.82) is 0 Å². The topological polar surface area (TPSA) is 111 Å². The van der Waals surface area contributed by atoms with E-state index >= 15 is 0 Å². The Kier molecular flexibility index (Phi) is 6.25. The summed E-state index contributed by atoms with van der Waals surface area (Å²) in [6.45, 7) is 1.79. The number of ether oxygens (including phenoxy) is 2. The molecule has 0 aliphatic rings. The van der Waals surface area contributed by atoms with Crippen LogP contribution in [-0.2, 0) is 20.0 Å². The molecule has 2 aromatic carbocycles. The SMILES string of the molecule is COc1ccccc1NS(=O)(=O)c1ccc(OC)c(NS(=O)(=O)c2ccc(C)s2)c1. The Bertz CT molecular complexity index is 1270. The molecule has 1 heterocycles. The molecule has 11 heteroatoms. The number of sulfonamides is 2. The first-order valence-corrected chi connectivity index (χ1v) is 12.4. The summed E-state index contributed by atoms with van der Waals surface area (Å²) in [6.07, 6.45) is 0. The van der Waals surface area contributed by atoms with Crippen molar-refractivity contribution in [2.24, 2.45) is 0 Å².